The van der Waals surface area contributed by atoms with Crippen LogP contribution in [-0.2, 0) is 0 Å². The number of halogens is 3. The van der Waals surface area contributed by atoms with Crippen molar-refractivity contribution in [3.63, 3.8) is 0 Å². The number of hydrogen-bond acceptors (Lipinski definition) is 2. The first kappa shape index (κ1) is 12.8. The van der Waals surface area contributed by atoms with Crippen LogP contribution in [0.15, 0.2) is 0 Å². The van der Waals surface area contributed by atoms with Crippen LogP contribution in [0.1, 0.15) is 26.2 Å². The maximum absolute atomic E-state index is 11.7. The highest BCUT2D eigenvalue weighted by molar-refractivity contribution is 4.93. The minimum Gasteiger partial charge on any atom is -0.315 e. The van der Waals surface area contributed by atoms with Gasteiger partial charge in [-0.15, -0.1) is 0 Å². The summed E-state index contributed by atoms with van der Waals surface area (Å²) in [6.45, 7) is 3.19. The highest BCUT2D eigenvalue weighted by atomic mass is 19.4. The van der Waals surface area contributed by atoms with Gasteiger partial charge in [0, 0.05) is 19.6 Å². The number of nitrogens with one attached hydrogen (secondary N) is 2. The Kier molecular flexibility index (Phi) is 4.40. The average Bonchev–Trinajstić information content (AvgIpc) is 2.90. The molecule has 1 fully saturated rings. The molecule has 2 nitrogen and oxygen atoms in total. The molecular formula is C10H19F3N2. The first-order valence-corrected chi connectivity index (χ1v) is 5.46. The van der Waals surface area contributed by atoms with Crippen molar-refractivity contribution in [3.8, 4) is 0 Å². The molecule has 1 aliphatic rings. The zero-order chi connectivity index (χ0) is 11.4. The third-order valence-electron chi connectivity index (χ3n) is 3.01. The van der Waals surface area contributed by atoms with E-state index in [1.807, 2.05) is 0 Å². The maximum Gasteiger partial charge on any atom is 0.401 e. The molecule has 0 heterocycles. The van der Waals surface area contributed by atoms with Gasteiger partial charge < -0.3 is 10.6 Å². The van der Waals surface area contributed by atoms with Crippen molar-refractivity contribution < 1.29 is 13.2 Å². The van der Waals surface area contributed by atoms with Crippen molar-refractivity contribution in [1.29, 1.82) is 0 Å². The average molecular weight is 224 g/mol. The van der Waals surface area contributed by atoms with E-state index in [2.05, 4.69) is 17.6 Å². The molecule has 0 aromatic heterocycles. The molecular weight excluding hydrogens is 205 g/mol. The maximum atomic E-state index is 11.7. The molecule has 0 bridgehead atoms. The Morgan fingerprint density at radius 1 is 1.13 bits per heavy atom. The van der Waals surface area contributed by atoms with Gasteiger partial charge in [0.1, 0.15) is 0 Å². The summed E-state index contributed by atoms with van der Waals surface area (Å²) in [6.07, 6.45) is -0.421. The van der Waals surface area contributed by atoms with Gasteiger partial charge in [0.25, 0.3) is 0 Å². The summed E-state index contributed by atoms with van der Waals surface area (Å²) in [5.74, 6) is 0. The molecule has 5 heteroatoms. The van der Waals surface area contributed by atoms with Gasteiger partial charge in [-0.3, -0.25) is 0 Å². The molecule has 1 saturated carbocycles. The Bertz CT molecular complexity index is 188. The Hall–Kier alpha value is -0.290. The van der Waals surface area contributed by atoms with Crippen LogP contribution in [0.4, 0.5) is 13.2 Å². The molecule has 0 spiro atoms. The number of rotatable bonds is 7. The molecule has 0 saturated heterocycles. The number of hydrogen-bond donors (Lipinski definition) is 2. The lowest BCUT2D eigenvalue weighted by atomic mass is 10.0. The van der Waals surface area contributed by atoms with Crippen LogP contribution in [0.3, 0.4) is 0 Å². The highest BCUT2D eigenvalue weighted by Gasteiger charge is 2.39. The molecule has 0 aliphatic heterocycles. The monoisotopic (exact) mass is 224 g/mol. The molecule has 0 aromatic carbocycles. The van der Waals surface area contributed by atoms with Gasteiger partial charge in [-0.25, -0.2) is 0 Å². The second-order valence-corrected chi connectivity index (χ2v) is 4.32. The zero-order valence-electron chi connectivity index (χ0n) is 9.08. The van der Waals surface area contributed by atoms with E-state index >= 15 is 0 Å². The zero-order valence-corrected chi connectivity index (χ0v) is 9.08. The van der Waals surface area contributed by atoms with E-state index in [-0.39, 0.29) is 0 Å². The van der Waals surface area contributed by atoms with Crippen LogP contribution in [0.5, 0.6) is 0 Å². The highest BCUT2D eigenvalue weighted by Crippen LogP contribution is 2.47. The number of alkyl halides is 3. The quantitative estimate of drug-likeness (QED) is 0.646. The van der Waals surface area contributed by atoms with Crippen molar-refractivity contribution in [3.05, 3.63) is 0 Å². The second-order valence-electron chi connectivity index (χ2n) is 4.32. The molecule has 2 N–H and O–H groups in total. The minimum absolute atomic E-state index is 0.374. The van der Waals surface area contributed by atoms with E-state index < -0.39 is 12.7 Å². The lowest BCUT2D eigenvalue weighted by Crippen LogP contribution is -2.35. The van der Waals surface area contributed by atoms with E-state index in [9.17, 15) is 13.2 Å². The van der Waals surface area contributed by atoms with Gasteiger partial charge in [-0.1, -0.05) is 6.92 Å². The molecule has 0 radical (unpaired) electrons. The summed E-state index contributed by atoms with van der Waals surface area (Å²) in [7, 11) is 0. The van der Waals surface area contributed by atoms with E-state index in [1.54, 1.807) is 0 Å². The van der Waals surface area contributed by atoms with Gasteiger partial charge in [0.05, 0.1) is 6.54 Å². The lowest BCUT2D eigenvalue weighted by molar-refractivity contribution is -0.124. The fraction of sp³-hybridized carbons (Fsp3) is 1.00. The molecule has 0 unspecified atom stereocenters. The summed E-state index contributed by atoms with van der Waals surface area (Å²) in [5, 5.41) is 5.56. The van der Waals surface area contributed by atoms with Gasteiger partial charge in [0.15, 0.2) is 0 Å². The van der Waals surface area contributed by atoms with E-state index in [0.29, 0.717) is 18.5 Å². The van der Waals surface area contributed by atoms with Crippen LogP contribution < -0.4 is 10.6 Å². The molecule has 1 rings (SSSR count). The van der Waals surface area contributed by atoms with Gasteiger partial charge in [-0.05, 0) is 24.7 Å². The SMILES string of the molecule is CCC1(CNCCNCC(F)(F)F)CC1. The van der Waals surface area contributed by atoms with Crippen LogP contribution in [0, 0.1) is 5.41 Å². The first-order chi connectivity index (χ1) is 6.97. The van der Waals surface area contributed by atoms with Crippen LogP contribution >= 0.6 is 0 Å². The molecule has 0 amide bonds. The van der Waals surface area contributed by atoms with Crippen molar-refractivity contribution >= 4 is 0 Å². The second kappa shape index (κ2) is 5.16. The lowest BCUT2D eigenvalue weighted by Gasteiger charge is -2.14. The predicted octanol–water partition coefficient (Wildman–Crippen LogP) is 1.92. The van der Waals surface area contributed by atoms with E-state index in [1.165, 1.54) is 12.8 Å². The molecule has 90 valence electrons. The van der Waals surface area contributed by atoms with Crippen molar-refractivity contribution in [2.24, 2.45) is 5.41 Å². The normalized spacial score (nSPS) is 19.2. The summed E-state index contributed by atoms with van der Waals surface area (Å²) < 4.78 is 35.2. The molecule has 15 heavy (non-hydrogen) atoms. The molecule has 0 atom stereocenters. The fourth-order valence-corrected chi connectivity index (χ4v) is 1.59. The Morgan fingerprint density at radius 2 is 1.73 bits per heavy atom. The molecule has 1 aliphatic carbocycles. The van der Waals surface area contributed by atoms with Gasteiger partial charge in [0.2, 0.25) is 0 Å². The standard InChI is InChI=1S/C10H19F3N2/c1-2-9(3-4-9)7-14-5-6-15-8-10(11,12)13/h14-15H,2-8H2,1H3. The summed E-state index contributed by atoms with van der Waals surface area (Å²) >= 11 is 0. The fourth-order valence-electron chi connectivity index (χ4n) is 1.59. The van der Waals surface area contributed by atoms with Crippen LogP contribution in [0.2, 0.25) is 0 Å². The third kappa shape index (κ3) is 5.37. The third-order valence-corrected chi connectivity index (χ3v) is 3.01. The van der Waals surface area contributed by atoms with Crippen molar-refractivity contribution in [1.82, 2.24) is 10.6 Å². The van der Waals surface area contributed by atoms with Crippen LogP contribution in [0.25, 0.3) is 0 Å². The van der Waals surface area contributed by atoms with Gasteiger partial charge in [-0.2, -0.15) is 13.2 Å². The largest absolute Gasteiger partial charge is 0.401 e. The van der Waals surface area contributed by atoms with Crippen molar-refractivity contribution in [2.75, 3.05) is 26.2 Å². The topological polar surface area (TPSA) is 24.1 Å². The first-order valence-electron chi connectivity index (χ1n) is 5.46. The molecule has 0 aromatic rings. The van der Waals surface area contributed by atoms with E-state index in [4.69, 9.17) is 0 Å². The summed E-state index contributed by atoms with van der Waals surface area (Å²) in [6, 6.07) is 0. The van der Waals surface area contributed by atoms with Crippen LogP contribution in [-0.4, -0.2) is 32.4 Å². The predicted molar refractivity (Wildman–Crippen MR) is 53.8 cm³/mol. The summed E-state index contributed by atoms with van der Waals surface area (Å²) in [4.78, 5) is 0. The summed E-state index contributed by atoms with van der Waals surface area (Å²) in [5.41, 5.74) is 0.462. The Labute approximate surface area is 88.6 Å². The Balaban J connectivity index is 1.90. The van der Waals surface area contributed by atoms with Crippen molar-refractivity contribution in [2.45, 2.75) is 32.4 Å². The Morgan fingerprint density at radius 3 is 2.20 bits per heavy atom. The minimum atomic E-state index is -4.10. The smallest absolute Gasteiger partial charge is 0.315 e. The van der Waals surface area contributed by atoms with Gasteiger partial charge >= 0.3 is 6.18 Å². The van der Waals surface area contributed by atoms with E-state index in [0.717, 1.165) is 13.0 Å².